The summed E-state index contributed by atoms with van der Waals surface area (Å²) in [5.41, 5.74) is 1.91. The monoisotopic (exact) mass is 289 g/mol. The number of aromatic amines is 1. The highest BCUT2D eigenvalue weighted by atomic mass is 32.1. The Kier molecular flexibility index (Phi) is 4.56. The van der Waals surface area contributed by atoms with Gasteiger partial charge < -0.3 is 10.0 Å². The number of carbonyl (C=O) groups excluding carboxylic acids is 1. The van der Waals surface area contributed by atoms with Gasteiger partial charge in [-0.25, -0.2) is 0 Å². The van der Waals surface area contributed by atoms with Crippen LogP contribution in [0, 0.1) is 18.8 Å². The van der Waals surface area contributed by atoms with Crippen molar-refractivity contribution >= 4 is 17.2 Å². The summed E-state index contributed by atoms with van der Waals surface area (Å²) >= 11 is 1.35. The van der Waals surface area contributed by atoms with E-state index >= 15 is 0 Å². The van der Waals surface area contributed by atoms with Crippen molar-refractivity contribution in [2.75, 3.05) is 13.7 Å². The molecule has 2 rings (SSSR count). The van der Waals surface area contributed by atoms with Crippen LogP contribution in [0.5, 0.6) is 0 Å². The van der Waals surface area contributed by atoms with E-state index in [2.05, 4.69) is 22.0 Å². The van der Waals surface area contributed by atoms with Crippen LogP contribution in [0.25, 0.3) is 0 Å². The lowest BCUT2D eigenvalue weighted by molar-refractivity contribution is 0.0790. The average molecular weight is 289 g/mol. The molecule has 2 heterocycles. The van der Waals surface area contributed by atoms with Crippen LogP contribution >= 0.6 is 11.3 Å². The van der Waals surface area contributed by atoms with E-state index in [0.29, 0.717) is 11.4 Å². The van der Waals surface area contributed by atoms with Gasteiger partial charge in [-0.15, -0.1) is 11.3 Å². The SMILES string of the molecule is Cc1cc(C(=O)N(C)Cc2cn[nH]c2)sc1C#CCO. The average Bonchev–Trinajstić information content (AvgIpc) is 3.05. The number of thiophene rings is 1. The van der Waals surface area contributed by atoms with Crippen molar-refractivity contribution in [3.63, 3.8) is 0 Å². The van der Waals surface area contributed by atoms with Gasteiger partial charge in [0, 0.05) is 25.4 Å². The molecule has 20 heavy (non-hydrogen) atoms. The first-order valence-electron chi connectivity index (χ1n) is 6.05. The minimum absolute atomic E-state index is 0.0450. The molecule has 0 unspecified atom stereocenters. The number of aromatic nitrogens is 2. The summed E-state index contributed by atoms with van der Waals surface area (Å²) in [5, 5.41) is 15.3. The van der Waals surface area contributed by atoms with Crippen LogP contribution in [0.1, 0.15) is 25.7 Å². The van der Waals surface area contributed by atoms with Gasteiger partial charge in [0.15, 0.2) is 0 Å². The van der Waals surface area contributed by atoms with Crippen molar-refractivity contribution in [1.82, 2.24) is 15.1 Å². The fraction of sp³-hybridized carbons (Fsp3) is 0.286. The number of carbonyl (C=O) groups is 1. The summed E-state index contributed by atoms with van der Waals surface area (Å²) in [7, 11) is 1.75. The summed E-state index contributed by atoms with van der Waals surface area (Å²) in [6, 6.07) is 1.83. The molecule has 1 amide bonds. The van der Waals surface area contributed by atoms with Gasteiger partial charge in [0.25, 0.3) is 5.91 Å². The summed E-state index contributed by atoms with van der Waals surface area (Å²) in [4.78, 5) is 15.4. The number of aryl methyl sites for hydroxylation is 1. The van der Waals surface area contributed by atoms with E-state index in [1.54, 1.807) is 24.3 Å². The minimum atomic E-state index is -0.180. The van der Waals surface area contributed by atoms with Gasteiger partial charge in [-0.1, -0.05) is 11.8 Å². The van der Waals surface area contributed by atoms with Gasteiger partial charge in [0.05, 0.1) is 16.0 Å². The lowest BCUT2D eigenvalue weighted by Crippen LogP contribution is -2.25. The molecule has 6 heteroatoms. The molecule has 0 aliphatic rings. The topological polar surface area (TPSA) is 69.2 Å². The second-order valence-electron chi connectivity index (χ2n) is 4.35. The van der Waals surface area contributed by atoms with Gasteiger partial charge in [-0.2, -0.15) is 5.10 Å². The fourth-order valence-corrected chi connectivity index (χ4v) is 2.77. The number of aliphatic hydroxyl groups is 1. The second kappa shape index (κ2) is 6.37. The second-order valence-corrected chi connectivity index (χ2v) is 5.40. The van der Waals surface area contributed by atoms with Gasteiger partial charge in [-0.05, 0) is 18.6 Å². The molecule has 0 aliphatic heterocycles. The molecule has 0 saturated carbocycles. The Hall–Kier alpha value is -2.10. The number of nitrogens with zero attached hydrogens (tertiary/aromatic N) is 2. The van der Waals surface area contributed by atoms with E-state index < -0.39 is 0 Å². The zero-order valence-corrected chi connectivity index (χ0v) is 12.1. The number of aliphatic hydroxyl groups excluding tert-OH is 1. The molecule has 104 valence electrons. The molecule has 0 bridgehead atoms. The molecule has 0 aromatic carbocycles. The van der Waals surface area contributed by atoms with Crippen LogP contribution in [0.2, 0.25) is 0 Å². The van der Waals surface area contributed by atoms with E-state index in [0.717, 1.165) is 16.0 Å². The van der Waals surface area contributed by atoms with E-state index in [9.17, 15) is 4.79 Å². The van der Waals surface area contributed by atoms with Crippen molar-refractivity contribution in [3.05, 3.63) is 39.3 Å². The normalized spacial score (nSPS) is 9.95. The van der Waals surface area contributed by atoms with Crippen molar-refractivity contribution in [3.8, 4) is 11.8 Å². The third-order valence-electron chi connectivity index (χ3n) is 2.73. The molecule has 0 saturated heterocycles. The number of hydrogen-bond acceptors (Lipinski definition) is 4. The Morgan fingerprint density at radius 3 is 3.05 bits per heavy atom. The first kappa shape index (κ1) is 14.3. The molecule has 0 atom stereocenters. The van der Waals surface area contributed by atoms with Crippen molar-refractivity contribution < 1.29 is 9.90 Å². The Morgan fingerprint density at radius 2 is 2.40 bits per heavy atom. The lowest BCUT2D eigenvalue weighted by Gasteiger charge is -2.14. The van der Waals surface area contributed by atoms with E-state index in [-0.39, 0.29) is 12.5 Å². The molecular formula is C14H15N3O2S. The first-order chi connectivity index (χ1) is 9.61. The van der Waals surface area contributed by atoms with Crippen LogP contribution < -0.4 is 0 Å². The van der Waals surface area contributed by atoms with Crippen molar-refractivity contribution in [1.29, 1.82) is 0 Å². The first-order valence-corrected chi connectivity index (χ1v) is 6.86. The summed E-state index contributed by atoms with van der Waals surface area (Å²) < 4.78 is 0. The molecule has 0 radical (unpaired) electrons. The predicted molar refractivity (Wildman–Crippen MR) is 77.4 cm³/mol. The number of amides is 1. The van der Waals surface area contributed by atoms with Gasteiger partial charge >= 0.3 is 0 Å². The van der Waals surface area contributed by atoms with Crippen molar-refractivity contribution in [2.24, 2.45) is 0 Å². The third kappa shape index (κ3) is 3.26. The summed E-state index contributed by atoms with van der Waals surface area (Å²) in [6.07, 6.45) is 3.46. The highest BCUT2D eigenvalue weighted by molar-refractivity contribution is 7.14. The Balaban J connectivity index is 2.12. The summed E-state index contributed by atoms with van der Waals surface area (Å²) in [5.74, 6) is 5.41. The van der Waals surface area contributed by atoms with Crippen molar-refractivity contribution in [2.45, 2.75) is 13.5 Å². The molecule has 2 aromatic heterocycles. The fourth-order valence-electron chi connectivity index (χ4n) is 1.73. The lowest BCUT2D eigenvalue weighted by atomic mass is 10.2. The van der Waals surface area contributed by atoms with E-state index in [1.165, 1.54) is 11.3 Å². The maximum atomic E-state index is 12.3. The highest BCUT2D eigenvalue weighted by Gasteiger charge is 2.16. The number of hydrogen-bond donors (Lipinski definition) is 2. The molecule has 5 nitrogen and oxygen atoms in total. The maximum absolute atomic E-state index is 12.3. The van der Waals surface area contributed by atoms with Crippen LogP contribution in [-0.2, 0) is 6.54 Å². The molecule has 0 aliphatic carbocycles. The molecule has 0 spiro atoms. The van der Waals surface area contributed by atoms with Gasteiger partial charge in [0.1, 0.15) is 6.61 Å². The van der Waals surface area contributed by atoms with Crippen LogP contribution in [0.4, 0.5) is 0 Å². The number of rotatable bonds is 3. The molecule has 2 aromatic rings. The maximum Gasteiger partial charge on any atom is 0.264 e. The van der Waals surface area contributed by atoms with Gasteiger partial charge in [0.2, 0.25) is 0 Å². The molecule has 2 N–H and O–H groups in total. The summed E-state index contributed by atoms with van der Waals surface area (Å²) in [6.45, 7) is 2.23. The Morgan fingerprint density at radius 1 is 1.60 bits per heavy atom. The van der Waals surface area contributed by atoms with E-state index in [1.807, 2.05) is 13.0 Å². The standard InChI is InChI=1S/C14H15N3O2S/c1-10-6-13(20-12(10)4-3-5-18)14(19)17(2)9-11-7-15-16-8-11/h6-8,18H,5,9H2,1-2H3,(H,15,16). The molecule has 0 fully saturated rings. The number of H-pyrrole nitrogens is 1. The van der Waals surface area contributed by atoms with Gasteiger partial charge in [-0.3, -0.25) is 9.89 Å². The highest BCUT2D eigenvalue weighted by Crippen LogP contribution is 2.22. The zero-order valence-electron chi connectivity index (χ0n) is 11.3. The smallest absolute Gasteiger partial charge is 0.264 e. The number of nitrogens with one attached hydrogen (secondary N) is 1. The predicted octanol–water partition coefficient (Wildman–Crippen LogP) is 1.40. The van der Waals surface area contributed by atoms with Crippen LogP contribution in [-0.4, -0.2) is 39.8 Å². The zero-order chi connectivity index (χ0) is 14.5. The third-order valence-corrected chi connectivity index (χ3v) is 3.87. The van der Waals surface area contributed by atoms with Crippen LogP contribution in [0.15, 0.2) is 18.5 Å². The minimum Gasteiger partial charge on any atom is -0.384 e. The Labute approximate surface area is 121 Å². The Bertz CT molecular complexity index is 650. The van der Waals surface area contributed by atoms with Crippen LogP contribution in [0.3, 0.4) is 0 Å². The quantitative estimate of drug-likeness (QED) is 0.839. The van der Waals surface area contributed by atoms with E-state index in [4.69, 9.17) is 5.11 Å². The molecular weight excluding hydrogens is 274 g/mol. The largest absolute Gasteiger partial charge is 0.384 e.